The van der Waals surface area contributed by atoms with Crippen LogP contribution in [0.4, 0.5) is 0 Å². The molecule has 2 aliphatic heterocycles. The van der Waals surface area contributed by atoms with Gasteiger partial charge in [0.25, 0.3) is 11.5 Å². The number of pyridine rings is 1. The van der Waals surface area contributed by atoms with E-state index in [9.17, 15) is 9.59 Å². The van der Waals surface area contributed by atoms with E-state index in [1.165, 1.54) is 4.70 Å². The van der Waals surface area contributed by atoms with E-state index in [1.54, 1.807) is 17.4 Å². The summed E-state index contributed by atoms with van der Waals surface area (Å²) in [5.74, 6) is 0.579. The van der Waals surface area contributed by atoms with Gasteiger partial charge in [0.05, 0.1) is 15.2 Å². The van der Waals surface area contributed by atoms with Crippen molar-refractivity contribution in [3.8, 4) is 0 Å². The minimum absolute atomic E-state index is 0.150. The Morgan fingerprint density at radius 1 is 1.24 bits per heavy atom. The molecule has 1 aromatic carbocycles. The number of para-hydroxylation sites is 1. The van der Waals surface area contributed by atoms with E-state index < -0.39 is 0 Å². The molecule has 2 atom stereocenters. The van der Waals surface area contributed by atoms with Gasteiger partial charge in [-0.2, -0.15) is 0 Å². The van der Waals surface area contributed by atoms with E-state index in [2.05, 4.69) is 21.7 Å². The number of hydrogen-bond donors (Lipinski definition) is 2. The molecule has 150 valence electrons. The summed E-state index contributed by atoms with van der Waals surface area (Å²) in [6.45, 7) is 3.10. The number of carbonyl (C=O) groups excluding carboxylic acids is 1. The van der Waals surface area contributed by atoms with E-state index in [4.69, 9.17) is 0 Å². The molecule has 29 heavy (non-hydrogen) atoms. The van der Waals surface area contributed by atoms with Crippen LogP contribution in [0.5, 0.6) is 0 Å². The minimum Gasteiger partial charge on any atom is -0.352 e. The number of benzene rings is 1. The van der Waals surface area contributed by atoms with E-state index in [-0.39, 0.29) is 17.0 Å². The normalized spacial score (nSPS) is 20.4. The molecule has 6 nitrogen and oxygen atoms in total. The lowest BCUT2D eigenvalue weighted by Crippen LogP contribution is -2.46. The first-order chi connectivity index (χ1) is 14.2. The smallest absolute Gasteiger partial charge is 0.263 e. The molecule has 4 heterocycles. The molecular formula is C22H24N4O2S. The number of aryl methyl sites for hydroxylation is 1. The first-order valence-electron chi connectivity index (χ1n) is 10.3. The predicted molar refractivity (Wildman–Crippen MR) is 115 cm³/mol. The van der Waals surface area contributed by atoms with Gasteiger partial charge in [0.15, 0.2) is 0 Å². The zero-order chi connectivity index (χ0) is 19.8. The SMILES string of the molecule is O=C(NCCCc1nc2ccccc2s1)c1ccc2n(c1=O)C[C@@H]1CNC[C@H]2C1. The van der Waals surface area contributed by atoms with Crippen LogP contribution >= 0.6 is 11.3 Å². The van der Waals surface area contributed by atoms with Crippen LogP contribution in [0.1, 0.15) is 39.8 Å². The number of rotatable bonds is 5. The molecule has 2 aromatic heterocycles. The van der Waals surface area contributed by atoms with Gasteiger partial charge >= 0.3 is 0 Å². The summed E-state index contributed by atoms with van der Waals surface area (Å²) in [6, 6.07) is 11.8. The Balaban J connectivity index is 1.22. The van der Waals surface area contributed by atoms with E-state index in [1.807, 2.05) is 28.8 Å². The van der Waals surface area contributed by atoms with Crippen molar-refractivity contribution in [1.29, 1.82) is 0 Å². The van der Waals surface area contributed by atoms with Crippen molar-refractivity contribution in [3.05, 3.63) is 63.0 Å². The Morgan fingerprint density at radius 2 is 2.14 bits per heavy atom. The molecule has 0 saturated carbocycles. The summed E-state index contributed by atoms with van der Waals surface area (Å²) in [6.07, 6.45) is 2.75. The third kappa shape index (κ3) is 3.60. The Morgan fingerprint density at radius 3 is 3.03 bits per heavy atom. The van der Waals surface area contributed by atoms with Gasteiger partial charge in [-0.25, -0.2) is 4.98 Å². The van der Waals surface area contributed by atoms with Gasteiger partial charge in [-0.1, -0.05) is 12.1 Å². The van der Waals surface area contributed by atoms with Crippen LogP contribution in [0, 0.1) is 5.92 Å². The summed E-state index contributed by atoms with van der Waals surface area (Å²) in [5, 5.41) is 7.43. The average molecular weight is 409 g/mol. The molecule has 0 aliphatic carbocycles. The monoisotopic (exact) mass is 408 g/mol. The first kappa shape index (κ1) is 18.5. The van der Waals surface area contributed by atoms with Gasteiger partial charge < -0.3 is 15.2 Å². The fourth-order valence-electron chi connectivity index (χ4n) is 4.53. The highest BCUT2D eigenvalue weighted by molar-refractivity contribution is 7.18. The van der Waals surface area contributed by atoms with Crippen LogP contribution in [0.3, 0.4) is 0 Å². The Kier molecular flexibility index (Phi) is 4.93. The summed E-state index contributed by atoms with van der Waals surface area (Å²) >= 11 is 1.70. The van der Waals surface area contributed by atoms with Crippen molar-refractivity contribution in [2.75, 3.05) is 19.6 Å². The third-order valence-corrected chi connectivity index (χ3v) is 7.04. The van der Waals surface area contributed by atoms with Gasteiger partial charge in [0, 0.05) is 37.7 Å². The zero-order valence-electron chi connectivity index (χ0n) is 16.2. The highest BCUT2D eigenvalue weighted by Gasteiger charge is 2.31. The molecule has 1 saturated heterocycles. The number of nitrogens with one attached hydrogen (secondary N) is 2. The van der Waals surface area contributed by atoms with E-state index >= 15 is 0 Å². The molecule has 0 spiro atoms. The molecule has 5 rings (SSSR count). The molecule has 0 radical (unpaired) electrons. The Labute approximate surface area is 173 Å². The molecule has 2 aliphatic rings. The molecule has 2 N–H and O–H groups in total. The van der Waals surface area contributed by atoms with Gasteiger partial charge in [-0.15, -0.1) is 11.3 Å². The van der Waals surface area contributed by atoms with Crippen molar-refractivity contribution in [2.24, 2.45) is 5.92 Å². The average Bonchev–Trinajstić information content (AvgIpc) is 3.15. The van der Waals surface area contributed by atoms with Crippen molar-refractivity contribution in [2.45, 2.75) is 31.7 Å². The maximum Gasteiger partial charge on any atom is 0.263 e. The van der Waals surface area contributed by atoms with Crippen molar-refractivity contribution < 1.29 is 4.79 Å². The number of amides is 1. The lowest BCUT2D eigenvalue weighted by Gasteiger charge is -2.37. The largest absolute Gasteiger partial charge is 0.352 e. The Hall–Kier alpha value is -2.51. The number of aromatic nitrogens is 2. The number of hydrogen-bond acceptors (Lipinski definition) is 5. The number of carbonyl (C=O) groups is 1. The Bertz CT molecular complexity index is 1090. The van der Waals surface area contributed by atoms with Gasteiger partial charge in [-0.05, 0) is 49.6 Å². The quantitative estimate of drug-likeness (QED) is 0.636. The second-order valence-corrected chi connectivity index (χ2v) is 9.09. The first-order valence-corrected chi connectivity index (χ1v) is 11.1. The number of thiazole rings is 1. The lowest BCUT2D eigenvalue weighted by molar-refractivity contribution is 0.0950. The van der Waals surface area contributed by atoms with Crippen LogP contribution < -0.4 is 16.2 Å². The summed E-state index contributed by atoms with van der Waals surface area (Å²) in [4.78, 5) is 30.1. The molecule has 1 fully saturated rings. The number of nitrogens with zero attached hydrogens (tertiary/aromatic N) is 2. The number of fused-ring (bicyclic) bond motifs is 5. The maximum absolute atomic E-state index is 12.9. The van der Waals surface area contributed by atoms with Crippen LogP contribution in [0.15, 0.2) is 41.2 Å². The molecule has 0 unspecified atom stereocenters. The molecule has 3 aromatic rings. The van der Waals surface area contributed by atoms with Gasteiger partial charge in [0.2, 0.25) is 0 Å². The minimum atomic E-state index is -0.275. The van der Waals surface area contributed by atoms with E-state index in [0.29, 0.717) is 24.9 Å². The highest BCUT2D eigenvalue weighted by Crippen LogP contribution is 2.31. The van der Waals surface area contributed by atoms with Crippen LogP contribution in [-0.2, 0) is 13.0 Å². The van der Waals surface area contributed by atoms with Crippen molar-refractivity contribution >= 4 is 27.5 Å². The fourth-order valence-corrected chi connectivity index (χ4v) is 5.54. The highest BCUT2D eigenvalue weighted by atomic mass is 32.1. The van der Waals surface area contributed by atoms with Gasteiger partial charge in [0.1, 0.15) is 5.56 Å². The molecule has 2 bridgehead atoms. The van der Waals surface area contributed by atoms with Crippen molar-refractivity contribution in [3.63, 3.8) is 0 Å². The fraction of sp³-hybridized carbons (Fsp3) is 0.409. The van der Waals surface area contributed by atoms with Crippen LogP contribution in [0.25, 0.3) is 10.2 Å². The maximum atomic E-state index is 12.9. The standard InChI is InChI=1S/C22H24N4O2S/c27-21(24-9-3-6-20-25-17-4-1-2-5-19(17)29-20)16-7-8-18-15-10-14(11-23-12-15)13-26(18)22(16)28/h1-2,4-5,7-8,14-15,23H,3,6,9-13H2,(H,24,27)/t14-,15+/m0/s1. The van der Waals surface area contributed by atoms with Gasteiger partial charge in [-0.3, -0.25) is 9.59 Å². The lowest BCUT2D eigenvalue weighted by atomic mass is 9.84. The summed E-state index contributed by atoms with van der Waals surface area (Å²) in [7, 11) is 0. The van der Waals surface area contributed by atoms with Crippen molar-refractivity contribution in [1.82, 2.24) is 20.2 Å². The predicted octanol–water partition coefficient (Wildman–Crippen LogP) is 2.53. The second kappa shape index (κ2) is 7.72. The third-order valence-electron chi connectivity index (χ3n) is 5.94. The van der Waals surface area contributed by atoms with Crippen LogP contribution in [0.2, 0.25) is 0 Å². The molecule has 1 amide bonds. The topological polar surface area (TPSA) is 76.0 Å². The summed E-state index contributed by atoms with van der Waals surface area (Å²) < 4.78 is 3.02. The zero-order valence-corrected chi connectivity index (χ0v) is 17.0. The number of piperidine rings is 1. The second-order valence-electron chi connectivity index (χ2n) is 7.98. The molecular weight excluding hydrogens is 384 g/mol. The summed E-state index contributed by atoms with van der Waals surface area (Å²) in [5.41, 5.74) is 2.19. The van der Waals surface area contributed by atoms with E-state index in [0.717, 1.165) is 48.6 Å². The van der Waals surface area contributed by atoms with Crippen LogP contribution in [-0.4, -0.2) is 35.1 Å². The molecule has 7 heteroatoms.